The van der Waals surface area contributed by atoms with Crippen molar-refractivity contribution >= 4 is 19.3 Å². The van der Waals surface area contributed by atoms with Gasteiger partial charge in [-0.05, 0) is 73.2 Å². The van der Waals surface area contributed by atoms with Crippen LogP contribution in [0.25, 0.3) is 0 Å². The van der Waals surface area contributed by atoms with Crippen molar-refractivity contribution in [1.29, 1.82) is 0 Å². The second-order valence-corrected chi connectivity index (χ2v) is 9.41. The molecule has 0 aliphatic carbocycles. The van der Waals surface area contributed by atoms with E-state index in [0.29, 0.717) is 28.0 Å². The summed E-state index contributed by atoms with van der Waals surface area (Å²) in [5.74, 6) is 2.16. The number of halogens is 1. The molecule has 0 bridgehead atoms. The molecule has 9 heteroatoms. The largest absolute Gasteiger partial charge is 0.872 e. The van der Waals surface area contributed by atoms with E-state index in [0.717, 1.165) is 5.56 Å². The number of ether oxygens (including phenoxy) is 2. The van der Waals surface area contributed by atoms with Crippen LogP contribution < -0.4 is 28.0 Å². The average molecular weight is 514 g/mol. The Bertz CT molecular complexity index is 1170. The molecule has 0 spiro atoms. The van der Waals surface area contributed by atoms with Crippen LogP contribution in [0.1, 0.15) is 5.56 Å². The molecule has 35 heavy (non-hydrogen) atoms. The first-order valence-corrected chi connectivity index (χ1v) is 12.4. The fraction of sp³-hybridized carbons (Fsp3) is 0.115. The highest BCUT2D eigenvalue weighted by Crippen LogP contribution is 2.44. The first kappa shape index (κ1) is 25.9. The van der Waals surface area contributed by atoms with E-state index in [9.17, 15) is 9.67 Å². The Hall–Kier alpha value is -3.67. The third-order valence-corrected chi connectivity index (χ3v) is 6.60. The molecule has 0 unspecified atom stereocenters. The first-order valence-electron chi connectivity index (χ1n) is 10.5. The molecule has 0 aliphatic heterocycles. The second-order valence-electron chi connectivity index (χ2n) is 7.21. The van der Waals surface area contributed by atoms with Gasteiger partial charge in [0.05, 0.1) is 14.2 Å². The van der Waals surface area contributed by atoms with Crippen LogP contribution in [0.2, 0.25) is 5.02 Å². The smallest absolute Gasteiger partial charge is 0.728 e. The summed E-state index contributed by atoms with van der Waals surface area (Å²) in [6.07, 6.45) is 3.34. The van der Waals surface area contributed by atoms with Gasteiger partial charge in [0.25, 0.3) is 0 Å². The van der Waals surface area contributed by atoms with Crippen LogP contribution in [-0.2, 0) is 4.57 Å². The van der Waals surface area contributed by atoms with E-state index < -0.39 is 7.75 Å². The highest BCUT2D eigenvalue weighted by Gasteiger charge is 2.42. The molecule has 0 saturated heterocycles. The normalized spacial score (nSPS) is 10.5. The highest BCUT2D eigenvalue weighted by atomic mass is 35.5. The van der Waals surface area contributed by atoms with Crippen molar-refractivity contribution in [2.45, 2.75) is 6.92 Å². The topological polar surface area (TPSA) is 80.9 Å². The van der Waals surface area contributed by atoms with Gasteiger partial charge in [-0.1, -0.05) is 28.1 Å². The molecule has 0 aliphatic rings. The Morgan fingerprint density at radius 2 is 1.09 bits per heavy atom. The van der Waals surface area contributed by atoms with Crippen LogP contribution in [0.3, 0.4) is 0 Å². The molecule has 4 aromatic rings. The number of nitrogens with zero attached hydrogens (tertiary/aromatic N) is 1. The minimum absolute atomic E-state index is 0.00519. The number of rotatable bonds is 7. The van der Waals surface area contributed by atoms with Crippen molar-refractivity contribution < 1.29 is 32.5 Å². The maximum absolute atomic E-state index is 13.6. The van der Waals surface area contributed by atoms with Crippen LogP contribution in [0.5, 0.6) is 28.7 Å². The third-order valence-electron chi connectivity index (χ3n) is 4.64. The summed E-state index contributed by atoms with van der Waals surface area (Å²) in [5, 5.41) is 11.0. The molecule has 7 nitrogen and oxygen atoms in total. The lowest BCUT2D eigenvalue weighted by atomic mass is 10.3. The Balaban J connectivity index is 0.000000363. The van der Waals surface area contributed by atoms with E-state index in [2.05, 4.69) is 0 Å². The van der Waals surface area contributed by atoms with E-state index in [1.807, 2.05) is 19.1 Å². The number of methoxy groups -OCH3 is 2. The lowest BCUT2D eigenvalue weighted by Crippen LogP contribution is -2.35. The van der Waals surface area contributed by atoms with Crippen molar-refractivity contribution in [2.75, 3.05) is 14.2 Å². The molecular weight excluding hydrogens is 489 g/mol. The van der Waals surface area contributed by atoms with E-state index in [1.165, 1.54) is 16.5 Å². The van der Waals surface area contributed by atoms with Crippen LogP contribution in [-0.4, -0.2) is 14.2 Å². The highest BCUT2D eigenvalue weighted by molar-refractivity contribution is 7.47. The van der Waals surface area contributed by atoms with E-state index in [1.54, 1.807) is 87.3 Å². The van der Waals surface area contributed by atoms with Gasteiger partial charge in [-0.15, -0.1) is 5.75 Å². The molecule has 0 amide bonds. The molecule has 4 rings (SSSR count). The minimum Gasteiger partial charge on any atom is -0.872 e. The number of aromatic nitrogens is 1. The zero-order chi connectivity index (χ0) is 25.3. The van der Waals surface area contributed by atoms with Gasteiger partial charge in [-0.2, -0.15) is 4.57 Å². The summed E-state index contributed by atoms with van der Waals surface area (Å²) in [4.78, 5) is 0. The van der Waals surface area contributed by atoms with Crippen LogP contribution in [0, 0.1) is 6.92 Å². The van der Waals surface area contributed by atoms with Gasteiger partial charge < -0.3 is 23.6 Å². The molecule has 0 atom stereocenters. The van der Waals surface area contributed by atoms with Gasteiger partial charge in [-0.3, -0.25) is 0 Å². The van der Waals surface area contributed by atoms with Gasteiger partial charge >= 0.3 is 7.75 Å². The third kappa shape index (κ3) is 7.67. The van der Waals surface area contributed by atoms with Gasteiger partial charge in [0, 0.05) is 17.2 Å². The Morgan fingerprint density at radius 1 is 0.686 bits per heavy atom. The van der Waals surface area contributed by atoms with Gasteiger partial charge in [0.15, 0.2) is 12.4 Å². The van der Waals surface area contributed by atoms with Crippen LogP contribution >= 0.6 is 19.3 Å². The predicted octanol–water partition coefficient (Wildman–Crippen LogP) is 5.83. The standard InChI is InChI=1S/C20H21NO5P.C6H5ClO/c1-16-12-14-21(15-13-16)27(22,25-19-8-4-17(23-2)5-9-19)26-20-10-6-18(24-3)7-11-20;7-5-1-3-6(8)4-2-5/h4-15H,1-3H3;1-4,8H/q+1;/p-1. The van der Waals surface area contributed by atoms with Crippen molar-refractivity contribution in [3.05, 3.63) is 108 Å². The lowest BCUT2D eigenvalue weighted by molar-refractivity contribution is -0.536. The second kappa shape index (κ2) is 12.2. The molecule has 0 radical (unpaired) electrons. The van der Waals surface area contributed by atoms with E-state index in [-0.39, 0.29) is 5.75 Å². The average Bonchev–Trinajstić information content (AvgIpc) is 2.87. The number of hydrogen-bond acceptors (Lipinski definition) is 6. The van der Waals surface area contributed by atoms with E-state index in [4.69, 9.17) is 30.1 Å². The molecule has 1 aromatic heterocycles. The number of aryl methyl sites for hydroxylation is 1. The number of pyridine rings is 1. The van der Waals surface area contributed by atoms with Gasteiger partial charge in [0.1, 0.15) is 23.0 Å². The maximum Gasteiger partial charge on any atom is 0.728 e. The summed E-state index contributed by atoms with van der Waals surface area (Å²) in [6.45, 7) is 1.95. The van der Waals surface area contributed by atoms with Crippen molar-refractivity contribution in [1.82, 2.24) is 0 Å². The number of benzene rings is 3. The zero-order valence-electron chi connectivity index (χ0n) is 19.5. The van der Waals surface area contributed by atoms with Crippen molar-refractivity contribution in [3.63, 3.8) is 0 Å². The van der Waals surface area contributed by atoms with Crippen molar-refractivity contribution in [3.8, 4) is 28.7 Å². The molecule has 3 aromatic carbocycles. The summed E-state index contributed by atoms with van der Waals surface area (Å²) >= 11 is 5.47. The lowest BCUT2D eigenvalue weighted by Gasteiger charge is -2.14. The fourth-order valence-electron chi connectivity index (χ4n) is 2.74. The molecular formula is C26H25ClNO6P. The number of hydrogen-bond donors (Lipinski definition) is 0. The molecule has 0 fully saturated rings. The molecule has 182 valence electrons. The molecule has 0 N–H and O–H groups in total. The quantitative estimate of drug-likeness (QED) is 0.289. The summed E-state index contributed by atoms with van der Waals surface area (Å²) in [6, 6.07) is 23.3. The van der Waals surface area contributed by atoms with Crippen molar-refractivity contribution in [2.24, 2.45) is 0 Å². The van der Waals surface area contributed by atoms with E-state index >= 15 is 0 Å². The Kier molecular flexibility index (Phi) is 9.01. The Labute approximate surface area is 209 Å². The Morgan fingerprint density at radius 3 is 1.46 bits per heavy atom. The monoisotopic (exact) mass is 513 g/mol. The zero-order valence-corrected chi connectivity index (χ0v) is 21.1. The minimum atomic E-state index is -3.75. The maximum atomic E-state index is 13.6. The summed E-state index contributed by atoms with van der Waals surface area (Å²) in [5.41, 5.74) is 1.03. The van der Waals surface area contributed by atoms with Gasteiger partial charge in [-0.25, -0.2) is 0 Å². The predicted molar refractivity (Wildman–Crippen MR) is 133 cm³/mol. The molecule has 0 saturated carbocycles. The van der Waals surface area contributed by atoms with Crippen LogP contribution in [0.4, 0.5) is 0 Å². The van der Waals surface area contributed by atoms with Gasteiger partial charge in [0.2, 0.25) is 0 Å². The molecule has 1 heterocycles. The first-order chi connectivity index (χ1) is 16.8. The summed E-state index contributed by atoms with van der Waals surface area (Å²) in [7, 11) is -0.589. The fourth-order valence-corrected chi connectivity index (χ4v) is 4.33. The SMILES string of the molecule is COc1ccc(OP(=O)(Oc2ccc(OC)cc2)[n+]2ccc(C)cc2)cc1.[O-]c1ccc(Cl)cc1. The van der Waals surface area contributed by atoms with Crippen LogP contribution in [0.15, 0.2) is 97.3 Å². The summed E-state index contributed by atoms with van der Waals surface area (Å²) < 4.78 is 36.9.